The molecule has 1 fully saturated rings. The zero-order chi connectivity index (χ0) is 26.6. The van der Waals surface area contributed by atoms with Crippen LogP contribution >= 0.6 is 11.3 Å². The van der Waals surface area contributed by atoms with Gasteiger partial charge in [-0.3, -0.25) is 10.1 Å². The molecule has 196 valence electrons. The summed E-state index contributed by atoms with van der Waals surface area (Å²) in [6.07, 6.45) is 0. The minimum atomic E-state index is -0.484. The number of benzene rings is 2. The number of carbonyl (C=O) groups excluding carboxylic acids is 2. The van der Waals surface area contributed by atoms with E-state index in [0.717, 1.165) is 47.9 Å². The number of piperazine rings is 1. The van der Waals surface area contributed by atoms with E-state index in [9.17, 15) is 9.59 Å². The Morgan fingerprint density at radius 3 is 2.68 bits per heavy atom. The van der Waals surface area contributed by atoms with Crippen LogP contribution < -0.4 is 31.3 Å². The Hall–Kier alpha value is -3.63. The lowest BCUT2D eigenvalue weighted by molar-refractivity contribution is 0.100. The van der Waals surface area contributed by atoms with Gasteiger partial charge in [0.25, 0.3) is 5.91 Å². The fraction of sp³-hybridized carbons (Fsp3) is 0.370. The molecule has 10 heteroatoms. The molecule has 9 nitrogen and oxygen atoms in total. The summed E-state index contributed by atoms with van der Waals surface area (Å²) >= 11 is 1.37. The molecule has 1 saturated heterocycles. The third-order valence-electron chi connectivity index (χ3n) is 6.67. The molecule has 2 aromatic carbocycles. The standard InChI is InChI=1S/C27H34N6O3S/c1-17-15-33(12-11-29-17)22-10-5-18(13-21(22)24(28)34)14-30-25(35)32-26-31-23(16-37-26)27(2,3)19-6-8-20(36-4)9-7-19/h5-10,13,16-17,29H,11-12,14-15H2,1-4H3,(H2,28,34)(H2,30,31,32,35). The van der Waals surface area contributed by atoms with Crippen LogP contribution in [0.1, 0.15) is 48.0 Å². The molecule has 1 unspecified atom stereocenters. The summed E-state index contributed by atoms with van der Waals surface area (Å²) in [7, 11) is 1.64. The number of carbonyl (C=O) groups is 2. The number of hydrogen-bond acceptors (Lipinski definition) is 7. The molecule has 3 amide bonds. The van der Waals surface area contributed by atoms with Crippen LogP contribution in [0.4, 0.5) is 15.6 Å². The van der Waals surface area contributed by atoms with Gasteiger partial charge in [-0.15, -0.1) is 11.3 Å². The molecule has 4 rings (SSSR count). The quantitative estimate of drug-likeness (QED) is 0.358. The van der Waals surface area contributed by atoms with E-state index in [1.807, 2.05) is 41.8 Å². The monoisotopic (exact) mass is 522 g/mol. The second kappa shape index (κ2) is 11.2. The number of primary amides is 1. The van der Waals surface area contributed by atoms with Crippen molar-refractivity contribution in [1.82, 2.24) is 15.6 Å². The third kappa shape index (κ3) is 6.20. The number of nitrogens with zero attached hydrogens (tertiary/aromatic N) is 2. The van der Waals surface area contributed by atoms with Gasteiger partial charge >= 0.3 is 6.03 Å². The van der Waals surface area contributed by atoms with Crippen molar-refractivity contribution < 1.29 is 14.3 Å². The van der Waals surface area contributed by atoms with Crippen LogP contribution in [0.2, 0.25) is 0 Å². The summed E-state index contributed by atoms with van der Waals surface area (Å²) < 4.78 is 5.25. The fourth-order valence-electron chi connectivity index (χ4n) is 4.41. The van der Waals surface area contributed by atoms with Crippen LogP contribution in [0, 0.1) is 0 Å². The minimum Gasteiger partial charge on any atom is -0.497 e. The van der Waals surface area contributed by atoms with Gasteiger partial charge in [0.15, 0.2) is 5.13 Å². The van der Waals surface area contributed by atoms with E-state index in [-0.39, 0.29) is 18.0 Å². The van der Waals surface area contributed by atoms with Crippen LogP contribution in [-0.2, 0) is 12.0 Å². The van der Waals surface area contributed by atoms with Crippen molar-refractivity contribution in [3.8, 4) is 5.75 Å². The molecule has 37 heavy (non-hydrogen) atoms. The van der Waals surface area contributed by atoms with Gasteiger partial charge in [-0.25, -0.2) is 9.78 Å². The number of thiazole rings is 1. The Kier molecular flexibility index (Phi) is 7.99. The van der Waals surface area contributed by atoms with E-state index in [0.29, 0.717) is 16.7 Å². The minimum absolute atomic E-state index is 0.250. The van der Waals surface area contributed by atoms with Crippen molar-refractivity contribution in [2.45, 2.75) is 38.8 Å². The van der Waals surface area contributed by atoms with Gasteiger partial charge in [-0.1, -0.05) is 32.0 Å². The first-order valence-corrected chi connectivity index (χ1v) is 13.1. The van der Waals surface area contributed by atoms with Crippen LogP contribution in [0.15, 0.2) is 47.8 Å². The summed E-state index contributed by atoms with van der Waals surface area (Å²) in [6, 6.07) is 13.4. The van der Waals surface area contributed by atoms with E-state index in [1.54, 1.807) is 13.2 Å². The zero-order valence-electron chi connectivity index (χ0n) is 21.6. The number of urea groups is 1. The second-order valence-corrected chi connectivity index (χ2v) is 10.6. The number of rotatable bonds is 8. The Morgan fingerprint density at radius 1 is 1.24 bits per heavy atom. The van der Waals surface area contributed by atoms with Gasteiger partial charge in [0.1, 0.15) is 5.75 Å². The lowest BCUT2D eigenvalue weighted by Gasteiger charge is -2.34. The van der Waals surface area contributed by atoms with Crippen LogP contribution in [-0.4, -0.2) is 49.7 Å². The van der Waals surface area contributed by atoms with Crippen molar-refractivity contribution in [3.05, 3.63) is 70.2 Å². The largest absolute Gasteiger partial charge is 0.497 e. The highest BCUT2D eigenvalue weighted by Gasteiger charge is 2.26. The van der Waals surface area contributed by atoms with E-state index < -0.39 is 5.91 Å². The number of methoxy groups -OCH3 is 1. The molecular formula is C27H34N6O3S. The van der Waals surface area contributed by atoms with Crippen LogP contribution in [0.3, 0.4) is 0 Å². The van der Waals surface area contributed by atoms with Crippen molar-refractivity contribution in [1.29, 1.82) is 0 Å². The van der Waals surface area contributed by atoms with Gasteiger partial charge in [-0.2, -0.15) is 0 Å². The highest BCUT2D eigenvalue weighted by Crippen LogP contribution is 2.34. The molecule has 1 aromatic heterocycles. The Morgan fingerprint density at radius 2 is 2.00 bits per heavy atom. The molecule has 5 N–H and O–H groups in total. The van der Waals surface area contributed by atoms with Gasteiger partial charge in [0.2, 0.25) is 0 Å². The highest BCUT2D eigenvalue weighted by atomic mass is 32.1. The molecule has 1 aliphatic heterocycles. The molecule has 0 saturated carbocycles. The number of hydrogen-bond donors (Lipinski definition) is 4. The Labute approximate surface area is 221 Å². The molecule has 2 heterocycles. The number of nitrogens with one attached hydrogen (secondary N) is 3. The van der Waals surface area contributed by atoms with E-state index in [1.165, 1.54) is 11.3 Å². The van der Waals surface area contributed by atoms with Crippen LogP contribution in [0.25, 0.3) is 0 Å². The van der Waals surface area contributed by atoms with E-state index in [2.05, 4.69) is 46.6 Å². The average molecular weight is 523 g/mol. The molecule has 0 aliphatic carbocycles. The van der Waals surface area contributed by atoms with E-state index in [4.69, 9.17) is 10.5 Å². The average Bonchev–Trinajstić information content (AvgIpc) is 3.36. The van der Waals surface area contributed by atoms with Crippen molar-refractivity contribution in [3.63, 3.8) is 0 Å². The number of ether oxygens (including phenoxy) is 1. The summed E-state index contributed by atoms with van der Waals surface area (Å²) in [6.45, 7) is 8.99. The first-order chi connectivity index (χ1) is 17.7. The summed E-state index contributed by atoms with van der Waals surface area (Å²) in [5, 5.41) is 11.5. The lowest BCUT2D eigenvalue weighted by atomic mass is 9.82. The predicted octanol–water partition coefficient (Wildman–Crippen LogP) is 3.70. The van der Waals surface area contributed by atoms with Gasteiger partial charge in [0, 0.05) is 48.7 Å². The highest BCUT2D eigenvalue weighted by molar-refractivity contribution is 7.13. The van der Waals surface area contributed by atoms with Crippen LogP contribution in [0.5, 0.6) is 5.75 Å². The van der Waals surface area contributed by atoms with Gasteiger partial charge in [-0.05, 0) is 42.3 Å². The number of aromatic nitrogens is 1. The third-order valence-corrected chi connectivity index (χ3v) is 7.42. The number of nitrogens with two attached hydrogens (primary N) is 1. The first kappa shape index (κ1) is 26.4. The fourth-order valence-corrected chi connectivity index (χ4v) is 5.29. The van der Waals surface area contributed by atoms with E-state index >= 15 is 0 Å². The molecule has 1 atom stereocenters. The first-order valence-electron chi connectivity index (χ1n) is 12.2. The molecule has 0 spiro atoms. The molecular weight excluding hydrogens is 488 g/mol. The maximum Gasteiger partial charge on any atom is 0.321 e. The molecule has 1 aliphatic rings. The molecule has 3 aromatic rings. The van der Waals surface area contributed by atoms with Gasteiger partial charge < -0.3 is 26.0 Å². The Bertz CT molecular complexity index is 1260. The maximum atomic E-state index is 12.6. The molecule has 0 bridgehead atoms. The smallest absolute Gasteiger partial charge is 0.321 e. The normalized spacial score (nSPS) is 15.8. The topological polar surface area (TPSA) is 122 Å². The van der Waals surface area contributed by atoms with Gasteiger partial charge in [0.05, 0.1) is 18.4 Å². The van der Waals surface area contributed by atoms with Crippen molar-refractivity contribution in [2.75, 3.05) is 37.0 Å². The molecule has 0 radical (unpaired) electrons. The summed E-state index contributed by atoms with van der Waals surface area (Å²) in [4.78, 5) is 31.6. The van der Waals surface area contributed by atoms with Crippen molar-refractivity contribution in [2.24, 2.45) is 5.73 Å². The SMILES string of the molecule is COc1ccc(C(C)(C)c2csc(NC(=O)NCc3ccc(N4CCNC(C)C4)c(C(N)=O)c3)n2)cc1. The maximum absolute atomic E-state index is 12.6. The number of anilines is 2. The number of amides is 3. The second-order valence-electron chi connectivity index (χ2n) is 9.72. The lowest BCUT2D eigenvalue weighted by Crippen LogP contribution is -2.49. The summed E-state index contributed by atoms with van der Waals surface area (Å²) in [5.74, 6) is 0.315. The zero-order valence-corrected chi connectivity index (χ0v) is 22.4. The summed E-state index contributed by atoms with van der Waals surface area (Å²) in [5.41, 5.74) is 9.37. The van der Waals surface area contributed by atoms with Crippen molar-refractivity contribution >= 4 is 34.1 Å². The Balaban J connectivity index is 1.38. The predicted molar refractivity (Wildman–Crippen MR) is 148 cm³/mol.